The number of rotatable bonds is 6. The van der Waals surface area contributed by atoms with E-state index in [1.165, 1.54) is 6.07 Å². The minimum absolute atomic E-state index is 0.0609. The van der Waals surface area contributed by atoms with Crippen molar-refractivity contribution in [2.24, 2.45) is 0 Å². The molecule has 0 aromatic heterocycles. The van der Waals surface area contributed by atoms with Crippen LogP contribution in [0, 0.1) is 11.6 Å². The van der Waals surface area contributed by atoms with Gasteiger partial charge in [-0.1, -0.05) is 29.3 Å². The van der Waals surface area contributed by atoms with Crippen molar-refractivity contribution in [2.75, 3.05) is 0 Å². The fourth-order valence-corrected chi connectivity index (χ4v) is 2.74. The molecule has 0 spiro atoms. The highest BCUT2D eigenvalue weighted by Gasteiger charge is 2.22. The van der Waals surface area contributed by atoms with Gasteiger partial charge >= 0.3 is 5.97 Å². The average molecular weight is 388 g/mol. The number of carboxylic acids is 1. The Labute approximate surface area is 152 Å². The predicted molar refractivity (Wildman–Crippen MR) is 89.8 cm³/mol. The smallest absolute Gasteiger partial charge is 0.326 e. The van der Waals surface area contributed by atoms with E-state index in [4.69, 9.17) is 23.2 Å². The van der Waals surface area contributed by atoms with E-state index in [0.717, 1.165) is 12.1 Å². The molecule has 0 aliphatic carbocycles. The molecule has 132 valence electrons. The molecular weight excluding hydrogens is 375 g/mol. The van der Waals surface area contributed by atoms with Crippen LogP contribution in [-0.2, 0) is 22.4 Å². The molecule has 0 saturated heterocycles. The van der Waals surface area contributed by atoms with Gasteiger partial charge in [0.2, 0.25) is 5.91 Å². The molecular formula is C17H13Cl2F2NO3. The van der Waals surface area contributed by atoms with E-state index >= 15 is 0 Å². The maximum absolute atomic E-state index is 13.1. The molecule has 0 radical (unpaired) electrons. The molecule has 2 aromatic rings. The summed E-state index contributed by atoms with van der Waals surface area (Å²) >= 11 is 11.8. The van der Waals surface area contributed by atoms with Crippen molar-refractivity contribution < 1.29 is 23.5 Å². The van der Waals surface area contributed by atoms with Crippen LogP contribution in [0.5, 0.6) is 0 Å². The van der Waals surface area contributed by atoms with Crippen LogP contribution in [0.4, 0.5) is 8.78 Å². The number of hydrogen-bond acceptors (Lipinski definition) is 2. The van der Waals surface area contributed by atoms with Gasteiger partial charge < -0.3 is 10.4 Å². The number of carbonyl (C=O) groups is 2. The van der Waals surface area contributed by atoms with Gasteiger partial charge in [-0.25, -0.2) is 13.6 Å². The Kier molecular flexibility index (Phi) is 6.33. The summed E-state index contributed by atoms with van der Waals surface area (Å²) in [4.78, 5) is 23.4. The third kappa shape index (κ3) is 5.69. The van der Waals surface area contributed by atoms with Crippen molar-refractivity contribution in [3.63, 3.8) is 0 Å². The van der Waals surface area contributed by atoms with Crippen LogP contribution in [0.25, 0.3) is 0 Å². The van der Waals surface area contributed by atoms with Gasteiger partial charge in [-0.3, -0.25) is 4.79 Å². The number of aliphatic carboxylic acids is 1. The summed E-state index contributed by atoms with van der Waals surface area (Å²) in [7, 11) is 0. The Morgan fingerprint density at radius 3 is 2.28 bits per heavy atom. The normalized spacial score (nSPS) is 11.8. The molecule has 2 rings (SSSR count). The third-order valence-corrected chi connectivity index (χ3v) is 3.95. The number of amides is 1. The van der Waals surface area contributed by atoms with Crippen LogP contribution < -0.4 is 5.32 Å². The van der Waals surface area contributed by atoms with E-state index in [-0.39, 0.29) is 23.4 Å². The number of hydrogen-bond donors (Lipinski definition) is 2. The number of carboxylic acid groups (broad SMARTS) is 1. The van der Waals surface area contributed by atoms with Crippen molar-refractivity contribution in [3.8, 4) is 0 Å². The van der Waals surface area contributed by atoms with Crippen molar-refractivity contribution in [3.05, 3.63) is 69.2 Å². The molecule has 0 unspecified atom stereocenters. The molecule has 8 heteroatoms. The molecule has 0 saturated carbocycles. The lowest BCUT2D eigenvalue weighted by atomic mass is 10.0. The molecule has 25 heavy (non-hydrogen) atoms. The summed E-state index contributed by atoms with van der Waals surface area (Å²) < 4.78 is 26.3. The molecule has 1 atom stereocenters. The van der Waals surface area contributed by atoms with Gasteiger partial charge in [0.1, 0.15) is 17.7 Å². The van der Waals surface area contributed by atoms with Crippen molar-refractivity contribution in [2.45, 2.75) is 18.9 Å². The first-order valence-electron chi connectivity index (χ1n) is 7.15. The fraction of sp³-hybridized carbons (Fsp3) is 0.176. The Morgan fingerprint density at radius 2 is 1.72 bits per heavy atom. The van der Waals surface area contributed by atoms with Crippen LogP contribution in [0.2, 0.25) is 10.0 Å². The molecule has 0 aliphatic heterocycles. The second-order valence-electron chi connectivity index (χ2n) is 5.35. The molecule has 0 fully saturated rings. The van der Waals surface area contributed by atoms with E-state index in [2.05, 4.69) is 5.32 Å². The quantitative estimate of drug-likeness (QED) is 0.795. The summed E-state index contributed by atoms with van der Waals surface area (Å²) in [5, 5.41) is 12.3. The van der Waals surface area contributed by atoms with Crippen LogP contribution in [0.15, 0.2) is 36.4 Å². The standard InChI is InChI=1S/C17H13Cl2F2NO3/c18-11-2-1-10(14(19)7-11)6-15(17(24)25)22-16(23)5-9-3-12(20)8-13(21)4-9/h1-4,7-8,15H,5-6H2,(H,22,23)(H,24,25)/t15-/m0/s1. The lowest BCUT2D eigenvalue weighted by Crippen LogP contribution is -2.43. The van der Waals surface area contributed by atoms with E-state index < -0.39 is 29.6 Å². The number of carbonyl (C=O) groups excluding carboxylic acids is 1. The highest BCUT2D eigenvalue weighted by molar-refractivity contribution is 6.35. The zero-order valence-corrected chi connectivity index (χ0v) is 14.2. The molecule has 1 amide bonds. The van der Waals surface area contributed by atoms with Gasteiger partial charge in [0.25, 0.3) is 0 Å². The Balaban J connectivity index is 2.07. The number of halogens is 4. The molecule has 2 N–H and O–H groups in total. The first kappa shape index (κ1) is 19.1. The predicted octanol–water partition coefficient (Wildman–Crippen LogP) is 3.63. The minimum Gasteiger partial charge on any atom is -0.480 e. The lowest BCUT2D eigenvalue weighted by Gasteiger charge is -2.15. The first-order chi connectivity index (χ1) is 11.7. The SMILES string of the molecule is O=C(Cc1cc(F)cc(F)c1)N[C@@H](Cc1ccc(Cl)cc1Cl)C(=O)O. The second-order valence-corrected chi connectivity index (χ2v) is 6.20. The van der Waals surface area contributed by atoms with Crippen LogP contribution in [0.1, 0.15) is 11.1 Å². The molecule has 0 heterocycles. The average Bonchev–Trinajstić information content (AvgIpc) is 2.47. The van der Waals surface area contributed by atoms with E-state index in [0.29, 0.717) is 16.7 Å². The van der Waals surface area contributed by atoms with Gasteiger partial charge in [0.15, 0.2) is 0 Å². The monoisotopic (exact) mass is 387 g/mol. The molecule has 0 bridgehead atoms. The van der Waals surface area contributed by atoms with E-state index in [1.807, 2.05) is 0 Å². The Bertz CT molecular complexity index is 794. The second kappa shape index (κ2) is 8.27. The summed E-state index contributed by atoms with van der Waals surface area (Å²) in [6.07, 6.45) is -0.415. The largest absolute Gasteiger partial charge is 0.480 e. The van der Waals surface area contributed by atoms with Crippen LogP contribution >= 0.6 is 23.2 Å². The van der Waals surface area contributed by atoms with Crippen molar-refractivity contribution >= 4 is 35.1 Å². The van der Waals surface area contributed by atoms with Gasteiger partial charge in [-0.2, -0.15) is 0 Å². The highest BCUT2D eigenvalue weighted by atomic mass is 35.5. The van der Waals surface area contributed by atoms with Gasteiger partial charge in [-0.05, 0) is 35.4 Å². The highest BCUT2D eigenvalue weighted by Crippen LogP contribution is 2.22. The van der Waals surface area contributed by atoms with Crippen LogP contribution in [-0.4, -0.2) is 23.0 Å². The summed E-state index contributed by atoms with van der Waals surface area (Å²) in [5.41, 5.74) is 0.597. The first-order valence-corrected chi connectivity index (χ1v) is 7.91. The van der Waals surface area contributed by atoms with E-state index in [9.17, 15) is 23.5 Å². The number of nitrogens with one attached hydrogen (secondary N) is 1. The number of benzene rings is 2. The third-order valence-electron chi connectivity index (χ3n) is 3.36. The maximum atomic E-state index is 13.1. The summed E-state index contributed by atoms with van der Waals surface area (Å²) in [6, 6.07) is 6.04. The Morgan fingerprint density at radius 1 is 1.08 bits per heavy atom. The van der Waals surface area contributed by atoms with Gasteiger partial charge in [0, 0.05) is 22.5 Å². The fourth-order valence-electron chi connectivity index (χ4n) is 2.25. The lowest BCUT2D eigenvalue weighted by molar-refractivity contribution is -0.141. The molecule has 2 aromatic carbocycles. The van der Waals surface area contributed by atoms with Gasteiger partial charge in [0.05, 0.1) is 6.42 Å². The summed E-state index contributed by atoms with van der Waals surface area (Å²) in [6.45, 7) is 0. The van der Waals surface area contributed by atoms with E-state index in [1.54, 1.807) is 12.1 Å². The van der Waals surface area contributed by atoms with Crippen molar-refractivity contribution in [1.29, 1.82) is 0 Å². The Hall–Kier alpha value is -2.18. The summed E-state index contributed by atoms with van der Waals surface area (Å²) in [5.74, 6) is -3.57. The zero-order valence-electron chi connectivity index (χ0n) is 12.7. The van der Waals surface area contributed by atoms with Crippen LogP contribution in [0.3, 0.4) is 0 Å². The maximum Gasteiger partial charge on any atom is 0.326 e. The van der Waals surface area contributed by atoms with Gasteiger partial charge in [-0.15, -0.1) is 0 Å². The minimum atomic E-state index is -1.26. The zero-order chi connectivity index (χ0) is 18.6. The topological polar surface area (TPSA) is 66.4 Å². The molecule has 0 aliphatic rings. The van der Waals surface area contributed by atoms with Crippen molar-refractivity contribution in [1.82, 2.24) is 5.32 Å². The molecule has 4 nitrogen and oxygen atoms in total.